The summed E-state index contributed by atoms with van der Waals surface area (Å²) in [7, 11) is -3.72. The number of aromatic carboxylic acids is 1. The van der Waals surface area contributed by atoms with Crippen LogP contribution < -0.4 is 4.72 Å². The summed E-state index contributed by atoms with van der Waals surface area (Å²) in [5.41, 5.74) is 0.0679. The lowest BCUT2D eigenvalue weighted by atomic mass is 10.3. The van der Waals surface area contributed by atoms with E-state index in [0.717, 1.165) is 0 Å². The van der Waals surface area contributed by atoms with Crippen LogP contribution >= 0.6 is 0 Å². The zero-order chi connectivity index (χ0) is 15.6. The van der Waals surface area contributed by atoms with E-state index in [1.807, 2.05) is 0 Å². The van der Waals surface area contributed by atoms with E-state index in [0.29, 0.717) is 0 Å². The van der Waals surface area contributed by atoms with Crippen LogP contribution in [-0.4, -0.2) is 54.1 Å². The van der Waals surface area contributed by atoms with Crippen molar-refractivity contribution in [3.05, 3.63) is 24.0 Å². The van der Waals surface area contributed by atoms with Gasteiger partial charge in [0.15, 0.2) is 0 Å². The lowest BCUT2D eigenvalue weighted by Crippen LogP contribution is -2.49. The first-order valence-electron chi connectivity index (χ1n) is 6.40. The molecule has 2 N–H and O–H groups in total. The van der Waals surface area contributed by atoms with Gasteiger partial charge in [-0.3, -0.25) is 4.72 Å². The van der Waals surface area contributed by atoms with Gasteiger partial charge in [-0.25, -0.2) is 9.78 Å². The number of hydrogen-bond acceptors (Lipinski definition) is 5. The van der Waals surface area contributed by atoms with Crippen LogP contribution in [0.5, 0.6) is 0 Å². The molecule has 2 rings (SSSR count). The van der Waals surface area contributed by atoms with Crippen molar-refractivity contribution < 1.29 is 23.1 Å². The first-order chi connectivity index (χ1) is 9.78. The molecule has 0 bridgehead atoms. The molecule has 2 atom stereocenters. The van der Waals surface area contributed by atoms with Crippen LogP contribution in [0.3, 0.4) is 0 Å². The third-order valence-corrected chi connectivity index (χ3v) is 4.43. The number of morpholine rings is 1. The maximum Gasteiger partial charge on any atom is 0.354 e. The number of rotatable bonds is 4. The van der Waals surface area contributed by atoms with Crippen molar-refractivity contribution in [2.45, 2.75) is 26.1 Å². The van der Waals surface area contributed by atoms with Crippen molar-refractivity contribution in [3.63, 3.8) is 0 Å². The first kappa shape index (κ1) is 15.7. The predicted molar refractivity (Wildman–Crippen MR) is 75.3 cm³/mol. The molecule has 1 aromatic rings. The van der Waals surface area contributed by atoms with Crippen molar-refractivity contribution in [2.75, 3.05) is 17.8 Å². The lowest BCUT2D eigenvalue weighted by molar-refractivity contribution is -0.0439. The van der Waals surface area contributed by atoms with Crippen LogP contribution in [0.2, 0.25) is 0 Å². The quantitative estimate of drug-likeness (QED) is 0.839. The van der Waals surface area contributed by atoms with Crippen LogP contribution in [0.1, 0.15) is 24.3 Å². The van der Waals surface area contributed by atoms with Gasteiger partial charge < -0.3 is 9.84 Å². The molecule has 2 unspecified atom stereocenters. The van der Waals surface area contributed by atoms with Crippen LogP contribution in [0, 0.1) is 0 Å². The summed E-state index contributed by atoms with van der Waals surface area (Å²) < 4.78 is 33.7. The maximum absolute atomic E-state index is 12.3. The van der Waals surface area contributed by atoms with Crippen LogP contribution in [0.15, 0.2) is 18.3 Å². The molecule has 8 nitrogen and oxygen atoms in total. The second kappa shape index (κ2) is 5.96. The molecular weight excluding hydrogens is 298 g/mol. The second-order valence-corrected chi connectivity index (χ2v) is 6.59. The standard InChI is InChI=1S/C12H17N3O5S/c1-8-6-15(7-9(2)20-8)21(18,19)14-10-3-4-11(12(16)17)13-5-10/h3-5,8-9,14H,6-7H2,1-2H3,(H,16,17). The number of nitrogens with zero attached hydrogens (tertiary/aromatic N) is 2. The molecule has 1 aliphatic rings. The Labute approximate surface area is 122 Å². The molecule has 9 heteroatoms. The highest BCUT2D eigenvalue weighted by atomic mass is 32.2. The Balaban J connectivity index is 2.11. The van der Waals surface area contributed by atoms with Gasteiger partial charge in [-0.15, -0.1) is 0 Å². The third kappa shape index (κ3) is 3.90. The monoisotopic (exact) mass is 315 g/mol. The van der Waals surface area contributed by atoms with E-state index in [4.69, 9.17) is 9.84 Å². The molecule has 0 spiro atoms. The Bertz CT molecular complexity index is 606. The molecule has 0 amide bonds. The van der Waals surface area contributed by atoms with E-state index < -0.39 is 16.2 Å². The highest BCUT2D eigenvalue weighted by Crippen LogP contribution is 2.17. The van der Waals surface area contributed by atoms with Crippen molar-refractivity contribution in [2.24, 2.45) is 0 Å². The van der Waals surface area contributed by atoms with E-state index in [-0.39, 0.29) is 36.7 Å². The summed E-state index contributed by atoms with van der Waals surface area (Å²) in [6.45, 7) is 4.14. The number of aromatic nitrogens is 1. The third-order valence-electron chi connectivity index (χ3n) is 2.96. The number of ether oxygens (including phenoxy) is 1. The topological polar surface area (TPSA) is 109 Å². The molecule has 1 saturated heterocycles. The van der Waals surface area contributed by atoms with Gasteiger partial charge in [-0.1, -0.05) is 0 Å². The molecular formula is C12H17N3O5S. The summed E-state index contributed by atoms with van der Waals surface area (Å²) in [5, 5.41) is 8.75. The Morgan fingerprint density at radius 2 is 2.00 bits per heavy atom. The van der Waals surface area contributed by atoms with Crippen molar-refractivity contribution in [3.8, 4) is 0 Å². The van der Waals surface area contributed by atoms with Crippen LogP contribution in [0.25, 0.3) is 0 Å². The molecule has 1 aliphatic heterocycles. The van der Waals surface area contributed by atoms with E-state index in [1.54, 1.807) is 13.8 Å². The van der Waals surface area contributed by atoms with Crippen molar-refractivity contribution in [1.82, 2.24) is 9.29 Å². The SMILES string of the molecule is CC1CN(S(=O)(=O)Nc2ccc(C(=O)O)nc2)CC(C)O1. The lowest BCUT2D eigenvalue weighted by Gasteiger charge is -2.34. The number of anilines is 1. The van der Waals surface area contributed by atoms with Gasteiger partial charge in [0.1, 0.15) is 5.69 Å². The molecule has 0 saturated carbocycles. The molecule has 116 valence electrons. The van der Waals surface area contributed by atoms with Gasteiger partial charge in [0.25, 0.3) is 0 Å². The highest BCUT2D eigenvalue weighted by Gasteiger charge is 2.31. The van der Waals surface area contributed by atoms with E-state index >= 15 is 0 Å². The fourth-order valence-corrected chi connectivity index (χ4v) is 3.48. The number of hydrogen-bond donors (Lipinski definition) is 2. The number of carbonyl (C=O) groups is 1. The van der Waals surface area contributed by atoms with E-state index in [9.17, 15) is 13.2 Å². The summed E-state index contributed by atoms with van der Waals surface area (Å²) in [4.78, 5) is 14.4. The predicted octanol–water partition coefficient (Wildman–Crippen LogP) is 0.546. The number of carboxylic acid groups (broad SMARTS) is 1. The molecule has 0 aliphatic carbocycles. The van der Waals surface area contributed by atoms with Crippen molar-refractivity contribution in [1.29, 1.82) is 0 Å². The molecule has 0 aromatic carbocycles. The summed E-state index contributed by atoms with van der Waals surface area (Å²) >= 11 is 0. The average molecular weight is 315 g/mol. The van der Waals surface area contributed by atoms with Gasteiger partial charge in [-0.05, 0) is 26.0 Å². The summed E-state index contributed by atoms with van der Waals surface area (Å²) in [5.74, 6) is -1.17. The van der Waals surface area contributed by atoms with Crippen LogP contribution in [-0.2, 0) is 14.9 Å². The minimum atomic E-state index is -3.72. The number of nitrogens with one attached hydrogen (secondary N) is 1. The van der Waals surface area contributed by atoms with Crippen LogP contribution in [0.4, 0.5) is 5.69 Å². The molecule has 1 fully saturated rings. The molecule has 21 heavy (non-hydrogen) atoms. The van der Waals surface area contributed by atoms with Gasteiger partial charge in [0.05, 0.1) is 24.1 Å². The summed E-state index contributed by atoms with van der Waals surface area (Å²) in [6, 6.07) is 2.60. The minimum absolute atomic E-state index is 0.147. The highest BCUT2D eigenvalue weighted by molar-refractivity contribution is 7.90. The number of carboxylic acids is 1. The zero-order valence-electron chi connectivity index (χ0n) is 11.7. The Morgan fingerprint density at radius 3 is 2.48 bits per heavy atom. The molecule has 0 radical (unpaired) electrons. The van der Waals surface area contributed by atoms with Gasteiger partial charge in [-0.2, -0.15) is 12.7 Å². The molecule has 1 aromatic heterocycles. The Hall–Kier alpha value is -1.71. The van der Waals surface area contributed by atoms with Gasteiger partial charge in [0, 0.05) is 13.1 Å². The average Bonchev–Trinajstić information content (AvgIpc) is 2.37. The van der Waals surface area contributed by atoms with E-state index in [1.165, 1.54) is 22.6 Å². The zero-order valence-corrected chi connectivity index (χ0v) is 12.5. The Morgan fingerprint density at radius 1 is 1.38 bits per heavy atom. The number of pyridine rings is 1. The Kier molecular flexibility index (Phi) is 4.45. The van der Waals surface area contributed by atoms with E-state index in [2.05, 4.69) is 9.71 Å². The van der Waals surface area contributed by atoms with Gasteiger partial charge >= 0.3 is 16.2 Å². The smallest absolute Gasteiger partial charge is 0.354 e. The minimum Gasteiger partial charge on any atom is -0.477 e. The fraction of sp³-hybridized carbons (Fsp3) is 0.500. The summed E-state index contributed by atoms with van der Waals surface area (Å²) in [6.07, 6.45) is 0.810. The fourth-order valence-electron chi connectivity index (χ4n) is 2.12. The van der Waals surface area contributed by atoms with Crippen molar-refractivity contribution >= 4 is 21.9 Å². The largest absolute Gasteiger partial charge is 0.477 e. The first-order valence-corrected chi connectivity index (χ1v) is 7.84. The molecule has 2 heterocycles. The maximum atomic E-state index is 12.3. The van der Waals surface area contributed by atoms with Gasteiger partial charge in [0.2, 0.25) is 0 Å². The second-order valence-electron chi connectivity index (χ2n) is 4.92. The normalized spacial score (nSPS) is 23.7.